The molecule has 2 unspecified atom stereocenters. The number of carbonyl (C=O) groups is 2. The highest BCUT2D eigenvalue weighted by molar-refractivity contribution is 5.87. The number of aliphatic carboxylic acids is 1. The van der Waals surface area contributed by atoms with Crippen molar-refractivity contribution in [1.29, 1.82) is 0 Å². The normalized spacial score (nSPS) is 21.2. The molecule has 1 aliphatic rings. The molecule has 1 heterocycles. The second kappa shape index (κ2) is 6.86. The lowest BCUT2D eigenvalue weighted by Gasteiger charge is -2.34. The van der Waals surface area contributed by atoms with Gasteiger partial charge >= 0.3 is 5.97 Å². The molecule has 0 aromatic carbocycles. The quantitative estimate of drug-likeness (QED) is 0.712. The minimum atomic E-state index is -0.932. The van der Waals surface area contributed by atoms with E-state index >= 15 is 0 Å². The number of carboxylic acids is 1. The summed E-state index contributed by atoms with van der Waals surface area (Å²) in [4.78, 5) is 27.0. The number of amides is 1. The monoisotopic (exact) mass is 272 g/mol. The van der Waals surface area contributed by atoms with Gasteiger partial charge in [-0.05, 0) is 25.8 Å². The fourth-order valence-electron chi connectivity index (χ4n) is 2.74. The summed E-state index contributed by atoms with van der Waals surface area (Å²) in [5.74, 6) is -1.01. The Labute approximate surface area is 114 Å². The first kappa shape index (κ1) is 15.9. The number of nitrogens with zero attached hydrogens (tertiary/aromatic N) is 2. The fraction of sp³-hybridized carbons (Fsp3) is 0.846. The van der Waals surface area contributed by atoms with Crippen molar-refractivity contribution in [2.24, 2.45) is 5.92 Å². The lowest BCUT2D eigenvalue weighted by atomic mass is 10.0. The Hall–Kier alpha value is -1.14. The van der Waals surface area contributed by atoms with Crippen molar-refractivity contribution in [3.05, 3.63) is 0 Å². The van der Waals surface area contributed by atoms with Gasteiger partial charge in [-0.2, -0.15) is 0 Å². The molecular formula is C13H24N2O4. The maximum Gasteiger partial charge on any atom is 0.326 e. The zero-order valence-corrected chi connectivity index (χ0v) is 11.9. The molecule has 0 aromatic heterocycles. The highest BCUT2D eigenvalue weighted by Gasteiger charge is 2.39. The number of hydrogen-bond acceptors (Lipinski definition) is 4. The molecule has 1 rings (SSSR count). The van der Waals surface area contributed by atoms with Crippen LogP contribution in [0.5, 0.6) is 0 Å². The number of rotatable bonds is 6. The van der Waals surface area contributed by atoms with Gasteiger partial charge in [-0.25, -0.2) is 4.79 Å². The van der Waals surface area contributed by atoms with Crippen LogP contribution >= 0.6 is 0 Å². The van der Waals surface area contributed by atoms with Gasteiger partial charge in [0, 0.05) is 13.1 Å². The second-order valence-electron chi connectivity index (χ2n) is 5.42. The highest BCUT2D eigenvalue weighted by atomic mass is 16.4. The number of aliphatic hydroxyl groups excluding tert-OH is 1. The third-order valence-corrected chi connectivity index (χ3v) is 3.63. The van der Waals surface area contributed by atoms with Gasteiger partial charge in [0.25, 0.3) is 0 Å². The van der Waals surface area contributed by atoms with Gasteiger partial charge in [0.1, 0.15) is 6.04 Å². The fourth-order valence-corrected chi connectivity index (χ4v) is 2.74. The molecule has 0 aromatic rings. The number of hydrogen-bond donors (Lipinski definition) is 2. The number of likely N-dealkylation sites (tertiary alicyclic amines) is 1. The second-order valence-corrected chi connectivity index (χ2v) is 5.42. The zero-order chi connectivity index (χ0) is 14.6. The molecule has 6 nitrogen and oxygen atoms in total. The number of carboxylic acid groups (broad SMARTS) is 1. The van der Waals surface area contributed by atoms with Crippen molar-refractivity contribution in [1.82, 2.24) is 9.80 Å². The Morgan fingerprint density at radius 2 is 2.05 bits per heavy atom. The highest BCUT2D eigenvalue weighted by Crippen LogP contribution is 2.22. The van der Waals surface area contributed by atoms with Crippen molar-refractivity contribution in [2.45, 2.75) is 38.8 Å². The molecular weight excluding hydrogens is 248 g/mol. The molecule has 0 radical (unpaired) electrons. The smallest absolute Gasteiger partial charge is 0.326 e. The van der Waals surface area contributed by atoms with Gasteiger partial charge in [-0.1, -0.05) is 13.8 Å². The molecule has 1 aliphatic heterocycles. The molecule has 1 saturated heterocycles. The molecule has 2 atom stereocenters. The molecule has 0 bridgehead atoms. The Balaban J connectivity index is 2.84. The minimum Gasteiger partial charge on any atom is -0.480 e. The molecule has 110 valence electrons. The zero-order valence-electron chi connectivity index (χ0n) is 11.9. The number of carbonyl (C=O) groups excluding carboxylic acids is 1. The summed E-state index contributed by atoms with van der Waals surface area (Å²) in [6.45, 7) is 4.76. The van der Waals surface area contributed by atoms with E-state index < -0.39 is 12.0 Å². The lowest BCUT2D eigenvalue weighted by Crippen LogP contribution is -2.53. The van der Waals surface area contributed by atoms with Crippen LogP contribution in [0, 0.1) is 5.92 Å². The first-order chi connectivity index (χ1) is 8.90. The van der Waals surface area contributed by atoms with Crippen molar-refractivity contribution in [2.75, 3.05) is 26.7 Å². The predicted molar refractivity (Wildman–Crippen MR) is 70.7 cm³/mol. The maximum absolute atomic E-state index is 12.6. The summed E-state index contributed by atoms with van der Waals surface area (Å²) in [6.07, 6.45) is 1.26. The van der Waals surface area contributed by atoms with Crippen LogP contribution in [0.1, 0.15) is 26.7 Å². The molecule has 0 saturated carbocycles. The predicted octanol–water partition coefficient (Wildman–Crippen LogP) is 0.0107. The van der Waals surface area contributed by atoms with E-state index in [1.165, 1.54) is 4.90 Å². The molecule has 1 fully saturated rings. The average Bonchev–Trinajstić information content (AvgIpc) is 2.77. The molecule has 0 spiro atoms. The largest absolute Gasteiger partial charge is 0.480 e. The Bertz CT molecular complexity index is 333. The SMILES string of the molecule is CC(C)C(C(=O)N1CCCC1C(=O)O)N(C)CCO. The van der Waals surface area contributed by atoms with Crippen LogP contribution in [0.25, 0.3) is 0 Å². The van der Waals surface area contributed by atoms with Crippen molar-refractivity contribution >= 4 is 11.9 Å². The van der Waals surface area contributed by atoms with Gasteiger partial charge in [0.05, 0.1) is 12.6 Å². The van der Waals surface area contributed by atoms with Crippen LogP contribution in [0.15, 0.2) is 0 Å². The summed E-state index contributed by atoms with van der Waals surface area (Å²) in [5.41, 5.74) is 0. The van der Waals surface area contributed by atoms with Crippen LogP contribution in [0.2, 0.25) is 0 Å². The van der Waals surface area contributed by atoms with Gasteiger partial charge in [0.2, 0.25) is 5.91 Å². The van der Waals surface area contributed by atoms with Crippen LogP contribution in [0.4, 0.5) is 0 Å². The van der Waals surface area contributed by atoms with E-state index in [4.69, 9.17) is 10.2 Å². The Morgan fingerprint density at radius 3 is 2.53 bits per heavy atom. The van der Waals surface area contributed by atoms with E-state index in [1.54, 1.807) is 11.9 Å². The van der Waals surface area contributed by atoms with Crippen molar-refractivity contribution in [3.63, 3.8) is 0 Å². The number of aliphatic hydroxyl groups is 1. The summed E-state index contributed by atoms with van der Waals surface area (Å²) in [6, 6.07) is -1.08. The van der Waals surface area contributed by atoms with E-state index in [0.717, 1.165) is 6.42 Å². The van der Waals surface area contributed by atoms with Gasteiger partial charge < -0.3 is 15.1 Å². The van der Waals surface area contributed by atoms with Gasteiger partial charge in [-0.15, -0.1) is 0 Å². The third-order valence-electron chi connectivity index (χ3n) is 3.63. The topological polar surface area (TPSA) is 81.1 Å². The van der Waals surface area contributed by atoms with Crippen molar-refractivity contribution in [3.8, 4) is 0 Å². The van der Waals surface area contributed by atoms with E-state index in [0.29, 0.717) is 19.5 Å². The third kappa shape index (κ3) is 3.67. The average molecular weight is 272 g/mol. The van der Waals surface area contributed by atoms with E-state index in [1.807, 2.05) is 13.8 Å². The van der Waals surface area contributed by atoms with Crippen LogP contribution in [0.3, 0.4) is 0 Å². The standard InChI is InChI=1S/C13H24N2O4/c1-9(2)11(14(3)7-8-16)12(17)15-6-4-5-10(15)13(18)19/h9-11,16H,4-8H2,1-3H3,(H,18,19). The minimum absolute atomic E-state index is 0.0185. The van der Waals surface area contributed by atoms with Gasteiger partial charge in [0.15, 0.2) is 0 Å². The molecule has 2 N–H and O–H groups in total. The summed E-state index contributed by atoms with van der Waals surface area (Å²) >= 11 is 0. The van der Waals surface area contributed by atoms with E-state index in [9.17, 15) is 9.59 Å². The van der Waals surface area contributed by atoms with E-state index in [2.05, 4.69) is 0 Å². The molecule has 0 aliphatic carbocycles. The molecule has 1 amide bonds. The van der Waals surface area contributed by atoms with Gasteiger partial charge in [-0.3, -0.25) is 9.69 Å². The van der Waals surface area contributed by atoms with Crippen LogP contribution in [-0.4, -0.2) is 70.7 Å². The summed E-state index contributed by atoms with van der Waals surface area (Å²) < 4.78 is 0. The van der Waals surface area contributed by atoms with Crippen LogP contribution < -0.4 is 0 Å². The Morgan fingerprint density at radius 1 is 1.42 bits per heavy atom. The summed E-state index contributed by atoms with van der Waals surface area (Å²) in [7, 11) is 1.78. The number of likely N-dealkylation sites (N-methyl/N-ethyl adjacent to an activating group) is 1. The maximum atomic E-state index is 12.6. The van der Waals surface area contributed by atoms with Crippen LogP contribution in [-0.2, 0) is 9.59 Å². The Kier molecular flexibility index (Phi) is 5.75. The first-order valence-corrected chi connectivity index (χ1v) is 6.74. The first-order valence-electron chi connectivity index (χ1n) is 6.74. The van der Waals surface area contributed by atoms with E-state index in [-0.39, 0.29) is 24.5 Å². The molecule has 6 heteroatoms. The van der Waals surface area contributed by atoms with Crippen molar-refractivity contribution < 1.29 is 19.8 Å². The lowest BCUT2D eigenvalue weighted by molar-refractivity contribution is -0.151. The summed E-state index contributed by atoms with van der Waals surface area (Å²) in [5, 5.41) is 18.1. The molecule has 19 heavy (non-hydrogen) atoms.